The van der Waals surface area contributed by atoms with Gasteiger partial charge in [0.25, 0.3) is 0 Å². The first-order chi connectivity index (χ1) is 6.23. The van der Waals surface area contributed by atoms with E-state index in [1.807, 2.05) is 30.8 Å². The molecule has 2 heteroatoms. The highest BCUT2D eigenvalue weighted by atomic mass is 28.4. The SMILES string of the molecule is C=C[Si](C)(OCC)c1ccccc1. The Balaban J connectivity index is 2.95. The van der Waals surface area contributed by atoms with Gasteiger partial charge >= 0.3 is 0 Å². The second-order valence-corrected chi connectivity index (χ2v) is 6.60. The second kappa shape index (κ2) is 4.39. The highest BCUT2D eigenvalue weighted by Crippen LogP contribution is 2.06. The molecule has 1 aromatic carbocycles. The van der Waals surface area contributed by atoms with Gasteiger partial charge in [0.05, 0.1) is 0 Å². The van der Waals surface area contributed by atoms with Crippen LogP contribution in [-0.4, -0.2) is 14.9 Å². The molecule has 0 spiro atoms. The molecule has 0 aliphatic rings. The molecule has 0 bridgehead atoms. The Labute approximate surface area is 81.2 Å². The zero-order chi connectivity index (χ0) is 9.73. The van der Waals surface area contributed by atoms with Crippen molar-refractivity contribution in [1.82, 2.24) is 0 Å². The van der Waals surface area contributed by atoms with E-state index < -0.39 is 8.32 Å². The van der Waals surface area contributed by atoms with Crippen molar-refractivity contribution in [3.63, 3.8) is 0 Å². The summed E-state index contributed by atoms with van der Waals surface area (Å²) in [5.74, 6) is 0. The van der Waals surface area contributed by atoms with Crippen LogP contribution in [0.25, 0.3) is 0 Å². The average Bonchev–Trinajstić information content (AvgIpc) is 2.19. The van der Waals surface area contributed by atoms with Crippen LogP contribution in [0.2, 0.25) is 6.55 Å². The minimum atomic E-state index is -1.84. The van der Waals surface area contributed by atoms with Crippen molar-refractivity contribution in [3.05, 3.63) is 42.6 Å². The van der Waals surface area contributed by atoms with Gasteiger partial charge < -0.3 is 4.43 Å². The molecule has 0 amide bonds. The fourth-order valence-electron chi connectivity index (χ4n) is 1.33. The summed E-state index contributed by atoms with van der Waals surface area (Å²) in [4.78, 5) is 0. The van der Waals surface area contributed by atoms with E-state index in [-0.39, 0.29) is 0 Å². The molecule has 0 aromatic heterocycles. The summed E-state index contributed by atoms with van der Waals surface area (Å²) in [6.45, 7) is 8.81. The minimum Gasteiger partial charge on any atom is -0.409 e. The molecule has 1 aromatic rings. The maximum absolute atomic E-state index is 5.79. The molecule has 0 fully saturated rings. The van der Waals surface area contributed by atoms with E-state index in [4.69, 9.17) is 4.43 Å². The quantitative estimate of drug-likeness (QED) is 0.665. The van der Waals surface area contributed by atoms with Gasteiger partial charge in [-0.1, -0.05) is 36.0 Å². The van der Waals surface area contributed by atoms with Crippen LogP contribution in [0.4, 0.5) is 0 Å². The van der Waals surface area contributed by atoms with Gasteiger partial charge in [-0.15, -0.1) is 6.58 Å². The average molecular weight is 192 g/mol. The van der Waals surface area contributed by atoms with E-state index in [9.17, 15) is 0 Å². The minimum absolute atomic E-state index is 0.754. The largest absolute Gasteiger partial charge is 0.409 e. The van der Waals surface area contributed by atoms with Crippen LogP contribution in [0.15, 0.2) is 42.6 Å². The predicted octanol–water partition coefficient (Wildman–Crippen LogP) is 2.23. The molecule has 1 nitrogen and oxygen atoms in total. The fraction of sp³-hybridized carbons (Fsp3) is 0.273. The third kappa shape index (κ3) is 2.29. The molecular weight excluding hydrogens is 176 g/mol. The lowest BCUT2D eigenvalue weighted by Crippen LogP contribution is -2.46. The van der Waals surface area contributed by atoms with E-state index in [1.54, 1.807) is 0 Å². The molecule has 0 aliphatic heterocycles. The van der Waals surface area contributed by atoms with Gasteiger partial charge in [0, 0.05) is 6.61 Å². The van der Waals surface area contributed by atoms with E-state index in [0.29, 0.717) is 0 Å². The van der Waals surface area contributed by atoms with Gasteiger partial charge in [-0.3, -0.25) is 0 Å². The van der Waals surface area contributed by atoms with Crippen LogP contribution >= 0.6 is 0 Å². The van der Waals surface area contributed by atoms with Crippen LogP contribution in [0.1, 0.15) is 6.92 Å². The van der Waals surface area contributed by atoms with Gasteiger partial charge in [-0.25, -0.2) is 0 Å². The summed E-state index contributed by atoms with van der Waals surface area (Å²) in [6.07, 6.45) is 0. The topological polar surface area (TPSA) is 9.23 Å². The Morgan fingerprint density at radius 3 is 2.46 bits per heavy atom. The number of rotatable bonds is 4. The van der Waals surface area contributed by atoms with Gasteiger partial charge in [0.15, 0.2) is 0 Å². The lowest BCUT2D eigenvalue weighted by Gasteiger charge is -2.22. The Kier molecular flexibility index (Phi) is 3.45. The van der Waals surface area contributed by atoms with Crippen molar-refractivity contribution >= 4 is 13.5 Å². The van der Waals surface area contributed by atoms with E-state index in [1.165, 1.54) is 5.19 Å². The van der Waals surface area contributed by atoms with E-state index in [2.05, 4.69) is 25.3 Å². The highest BCUT2D eigenvalue weighted by Gasteiger charge is 2.26. The monoisotopic (exact) mass is 192 g/mol. The van der Waals surface area contributed by atoms with Crippen LogP contribution in [0.5, 0.6) is 0 Å². The first kappa shape index (κ1) is 10.2. The normalized spacial score (nSPS) is 14.9. The molecular formula is C11H16OSi. The van der Waals surface area contributed by atoms with Gasteiger partial charge in [0.2, 0.25) is 8.32 Å². The summed E-state index contributed by atoms with van der Waals surface area (Å²) >= 11 is 0. The van der Waals surface area contributed by atoms with Crippen LogP contribution in [-0.2, 0) is 4.43 Å². The predicted molar refractivity (Wildman–Crippen MR) is 59.5 cm³/mol. The van der Waals surface area contributed by atoms with Crippen LogP contribution in [0, 0.1) is 0 Å². The summed E-state index contributed by atoms with van der Waals surface area (Å²) in [5.41, 5.74) is 1.98. The molecule has 0 saturated carbocycles. The third-order valence-electron chi connectivity index (χ3n) is 2.18. The molecule has 0 saturated heterocycles. The zero-order valence-electron chi connectivity index (χ0n) is 8.29. The summed E-state index contributed by atoms with van der Waals surface area (Å²) in [7, 11) is -1.84. The fourth-order valence-corrected chi connectivity index (χ4v) is 3.30. The van der Waals surface area contributed by atoms with Crippen molar-refractivity contribution in [1.29, 1.82) is 0 Å². The standard InChI is InChI=1S/C11H16OSi/c1-4-12-13(3,5-2)11-9-7-6-8-10-11/h5-10H,2,4H2,1,3H3. The smallest absolute Gasteiger partial charge is 0.244 e. The lowest BCUT2D eigenvalue weighted by molar-refractivity contribution is 0.342. The Morgan fingerprint density at radius 2 is 2.00 bits per heavy atom. The first-order valence-electron chi connectivity index (χ1n) is 4.56. The van der Waals surface area contributed by atoms with Crippen molar-refractivity contribution < 1.29 is 4.43 Å². The molecule has 1 atom stereocenters. The molecule has 70 valence electrons. The second-order valence-electron chi connectivity index (χ2n) is 3.11. The van der Waals surface area contributed by atoms with Gasteiger partial charge in [0.1, 0.15) is 0 Å². The molecule has 1 rings (SSSR count). The van der Waals surface area contributed by atoms with Crippen LogP contribution < -0.4 is 5.19 Å². The summed E-state index contributed by atoms with van der Waals surface area (Å²) in [6, 6.07) is 10.3. The third-order valence-corrected chi connectivity index (χ3v) is 5.33. The maximum Gasteiger partial charge on any atom is 0.244 e. The summed E-state index contributed by atoms with van der Waals surface area (Å²) in [5, 5.41) is 1.28. The Morgan fingerprint density at radius 1 is 1.38 bits per heavy atom. The molecule has 0 aliphatic carbocycles. The van der Waals surface area contributed by atoms with Gasteiger partial charge in [-0.2, -0.15) is 0 Å². The molecule has 0 radical (unpaired) electrons. The maximum atomic E-state index is 5.79. The molecule has 13 heavy (non-hydrogen) atoms. The Hall–Kier alpha value is -0.863. The highest BCUT2D eigenvalue weighted by molar-refractivity contribution is 6.89. The molecule has 0 heterocycles. The van der Waals surface area contributed by atoms with Crippen molar-refractivity contribution in [2.24, 2.45) is 0 Å². The zero-order valence-corrected chi connectivity index (χ0v) is 9.29. The summed E-state index contributed by atoms with van der Waals surface area (Å²) < 4.78 is 5.79. The molecule has 1 unspecified atom stereocenters. The van der Waals surface area contributed by atoms with Crippen LogP contribution in [0.3, 0.4) is 0 Å². The van der Waals surface area contributed by atoms with Crippen molar-refractivity contribution in [2.45, 2.75) is 13.5 Å². The molecule has 0 N–H and O–H groups in total. The number of hydrogen-bond donors (Lipinski definition) is 0. The first-order valence-corrected chi connectivity index (χ1v) is 7.04. The van der Waals surface area contributed by atoms with E-state index >= 15 is 0 Å². The number of hydrogen-bond acceptors (Lipinski definition) is 1. The van der Waals surface area contributed by atoms with E-state index in [0.717, 1.165) is 6.61 Å². The van der Waals surface area contributed by atoms with Crippen molar-refractivity contribution in [3.8, 4) is 0 Å². The lowest BCUT2D eigenvalue weighted by atomic mass is 10.4. The van der Waals surface area contributed by atoms with Crippen molar-refractivity contribution in [2.75, 3.05) is 6.61 Å². The Bertz CT molecular complexity index is 271. The van der Waals surface area contributed by atoms with Gasteiger partial charge in [-0.05, 0) is 18.7 Å². The number of benzene rings is 1.